The predicted molar refractivity (Wildman–Crippen MR) is 105 cm³/mol. The van der Waals surface area contributed by atoms with Crippen LogP contribution in [0.3, 0.4) is 0 Å². The first kappa shape index (κ1) is 23.4. The SMILES string of the molecule is Cc1ccc(NC(=O)COC(=O)CCCNC(=O)c2ccc(F)cc2F)c([N+](=O)[O-])c1. The standard InChI is InChI=1S/C20H19F2N3O6/c1-12-4-7-16(17(9-12)25(29)30)24-18(26)11-31-19(27)3-2-8-23-20(28)14-6-5-13(21)10-15(14)22/h4-7,9-10H,2-3,8,11H2,1H3,(H,23,28)(H,24,26). The molecule has 0 atom stereocenters. The second-order valence-corrected chi connectivity index (χ2v) is 6.47. The van der Waals surface area contributed by atoms with E-state index in [1.807, 2.05) is 0 Å². The number of hydrogen-bond acceptors (Lipinski definition) is 6. The van der Waals surface area contributed by atoms with Crippen LogP contribution in [-0.2, 0) is 14.3 Å². The lowest BCUT2D eigenvalue weighted by Gasteiger charge is -2.08. The highest BCUT2D eigenvalue weighted by Crippen LogP contribution is 2.25. The Labute approximate surface area is 175 Å². The lowest BCUT2D eigenvalue weighted by Crippen LogP contribution is -2.26. The number of amides is 2. The number of nitro benzene ring substituents is 1. The molecular formula is C20H19F2N3O6. The third-order valence-corrected chi connectivity index (χ3v) is 4.01. The zero-order chi connectivity index (χ0) is 23.0. The quantitative estimate of drug-likeness (QED) is 0.270. The summed E-state index contributed by atoms with van der Waals surface area (Å²) in [5.41, 5.74) is 0.0108. The maximum Gasteiger partial charge on any atom is 0.306 e. The zero-order valence-corrected chi connectivity index (χ0v) is 16.4. The lowest BCUT2D eigenvalue weighted by molar-refractivity contribution is -0.384. The van der Waals surface area contributed by atoms with Crippen LogP contribution in [0.5, 0.6) is 0 Å². The van der Waals surface area contributed by atoms with Crippen molar-refractivity contribution < 1.29 is 32.8 Å². The van der Waals surface area contributed by atoms with Gasteiger partial charge in [0.25, 0.3) is 17.5 Å². The number of nitrogens with zero attached hydrogens (tertiary/aromatic N) is 1. The van der Waals surface area contributed by atoms with Crippen LogP contribution in [0.2, 0.25) is 0 Å². The Morgan fingerprint density at radius 1 is 1.13 bits per heavy atom. The van der Waals surface area contributed by atoms with E-state index in [2.05, 4.69) is 10.6 Å². The van der Waals surface area contributed by atoms with Crippen molar-refractivity contribution in [2.75, 3.05) is 18.5 Å². The summed E-state index contributed by atoms with van der Waals surface area (Å²) in [4.78, 5) is 45.8. The van der Waals surface area contributed by atoms with Crippen molar-refractivity contribution in [2.45, 2.75) is 19.8 Å². The minimum Gasteiger partial charge on any atom is -0.456 e. The lowest BCUT2D eigenvalue weighted by atomic mass is 10.2. The largest absolute Gasteiger partial charge is 0.456 e. The number of carbonyl (C=O) groups is 3. The van der Waals surface area contributed by atoms with Crippen LogP contribution in [0.1, 0.15) is 28.8 Å². The molecule has 0 fully saturated rings. The number of halogens is 2. The van der Waals surface area contributed by atoms with E-state index >= 15 is 0 Å². The van der Waals surface area contributed by atoms with Crippen LogP contribution in [0.4, 0.5) is 20.2 Å². The Morgan fingerprint density at radius 3 is 2.55 bits per heavy atom. The normalized spacial score (nSPS) is 10.3. The molecule has 2 amide bonds. The number of benzene rings is 2. The van der Waals surface area contributed by atoms with Crippen molar-refractivity contribution >= 4 is 29.2 Å². The van der Waals surface area contributed by atoms with Gasteiger partial charge in [-0.3, -0.25) is 24.5 Å². The van der Waals surface area contributed by atoms with Gasteiger partial charge in [0.05, 0.1) is 10.5 Å². The fraction of sp³-hybridized carbons (Fsp3) is 0.250. The van der Waals surface area contributed by atoms with Gasteiger partial charge in [-0.1, -0.05) is 6.07 Å². The molecule has 31 heavy (non-hydrogen) atoms. The molecule has 0 radical (unpaired) electrons. The third-order valence-electron chi connectivity index (χ3n) is 4.01. The molecule has 0 saturated heterocycles. The summed E-state index contributed by atoms with van der Waals surface area (Å²) >= 11 is 0. The average Bonchev–Trinajstić information content (AvgIpc) is 2.70. The first-order valence-corrected chi connectivity index (χ1v) is 9.11. The molecule has 0 bridgehead atoms. The number of nitrogens with one attached hydrogen (secondary N) is 2. The van der Waals surface area contributed by atoms with E-state index in [1.165, 1.54) is 12.1 Å². The first-order valence-electron chi connectivity index (χ1n) is 9.11. The second kappa shape index (κ2) is 10.8. The van der Waals surface area contributed by atoms with Gasteiger partial charge in [-0.15, -0.1) is 0 Å². The van der Waals surface area contributed by atoms with Crippen molar-refractivity contribution in [1.29, 1.82) is 0 Å². The molecule has 164 valence electrons. The van der Waals surface area contributed by atoms with Crippen LogP contribution in [0.15, 0.2) is 36.4 Å². The Balaban J connectivity index is 1.72. The smallest absolute Gasteiger partial charge is 0.306 e. The summed E-state index contributed by atoms with van der Waals surface area (Å²) in [5.74, 6) is -4.05. The van der Waals surface area contributed by atoms with Crippen LogP contribution < -0.4 is 10.6 Å². The predicted octanol–water partition coefficient (Wildman–Crippen LogP) is 2.87. The Morgan fingerprint density at radius 2 is 1.87 bits per heavy atom. The summed E-state index contributed by atoms with van der Waals surface area (Å²) in [7, 11) is 0. The molecular weight excluding hydrogens is 416 g/mol. The van der Waals surface area contributed by atoms with Gasteiger partial charge >= 0.3 is 5.97 Å². The maximum absolute atomic E-state index is 13.5. The van der Waals surface area contributed by atoms with Crippen LogP contribution in [-0.4, -0.2) is 35.9 Å². The van der Waals surface area contributed by atoms with Gasteiger partial charge < -0.3 is 15.4 Å². The highest BCUT2D eigenvalue weighted by Gasteiger charge is 2.17. The molecule has 0 saturated carbocycles. The molecule has 0 spiro atoms. The van der Waals surface area contributed by atoms with E-state index in [0.717, 1.165) is 12.1 Å². The van der Waals surface area contributed by atoms with Crippen molar-refractivity contribution in [3.8, 4) is 0 Å². The molecule has 2 rings (SSSR count). The van der Waals surface area contributed by atoms with E-state index in [4.69, 9.17) is 4.74 Å². The minimum absolute atomic E-state index is 0.0203. The van der Waals surface area contributed by atoms with E-state index in [1.54, 1.807) is 13.0 Å². The van der Waals surface area contributed by atoms with Gasteiger partial charge in [0.1, 0.15) is 17.3 Å². The van der Waals surface area contributed by atoms with Crippen LogP contribution in [0.25, 0.3) is 0 Å². The summed E-state index contributed by atoms with van der Waals surface area (Å²) in [6.45, 7) is 1.04. The molecule has 0 heterocycles. The Kier molecular flexibility index (Phi) is 8.12. The van der Waals surface area contributed by atoms with Gasteiger partial charge in [-0.05, 0) is 37.1 Å². The number of nitro groups is 1. The fourth-order valence-corrected chi connectivity index (χ4v) is 2.51. The molecule has 0 unspecified atom stereocenters. The van der Waals surface area contributed by atoms with Crippen LogP contribution >= 0.6 is 0 Å². The average molecular weight is 435 g/mol. The van der Waals surface area contributed by atoms with Crippen LogP contribution in [0, 0.1) is 28.7 Å². The number of carbonyl (C=O) groups excluding carboxylic acids is 3. The molecule has 9 nitrogen and oxygen atoms in total. The van der Waals surface area contributed by atoms with E-state index in [0.29, 0.717) is 11.6 Å². The molecule has 2 aromatic carbocycles. The van der Waals surface area contributed by atoms with Crippen molar-refractivity contribution in [3.05, 3.63) is 69.3 Å². The highest BCUT2D eigenvalue weighted by atomic mass is 19.1. The second-order valence-electron chi connectivity index (χ2n) is 6.47. The van der Waals surface area contributed by atoms with Gasteiger partial charge in [0.2, 0.25) is 0 Å². The first-order chi connectivity index (χ1) is 14.7. The van der Waals surface area contributed by atoms with Crippen molar-refractivity contribution in [2.24, 2.45) is 0 Å². The third kappa shape index (κ3) is 7.14. The Bertz CT molecular complexity index is 1010. The van der Waals surface area contributed by atoms with Gasteiger partial charge in [-0.2, -0.15) is 0 Å². The monoisotopic (exact) mass is 435 g/mol. The minimum atomic E-state index is -1.00. The van der Waals surface area contributed by atoms with Crippen molar-refractivity contribution in [3.63, 3.8) is 0 Å². The summed E-state index contributed by atoms with van der Waals surface area (Å²) < 4.78 is 31.1. The zero-order valence-electron chi connectivity index (χ0n) is 16.4. The molecule has 2 aromatic rings. The van der Waals surface area contributed by atoms with Gasteiger partial charge in [-0.25, -0.2) is 8.78 Å². The highest BCUT2D eigenvalue weighted by molar-refractivity contribution is 5.95. The number of aryl methyl sites for hydroxylation is 1. The molecule has 2 N–H and O–H groups in total. The summed E-state index contributed by atoms with van der Waals surface area (Å²) in [6, 6.07) is 6.80. The maximum atomic E-state index is 13.5. The fourth-order valence-electron chi connectivity index (χ4n) is 2.51. The number of ether oxygens (including phenoxy) is 1. The number of hydrogen-bond donors (Lipinski definition) is 2. The van der Waals surface area contributed by atoms with Gasteiger partial charge in [0, 0.05) is 25.1 Å². The van der Waals surface area contributed by atoms with E-state index in [9.17, 15) is 33.3 Å². The van der Waals surface area contributed by atoms with E-state index < -0.39 is 40.9 Å². The number of esters is 1. The van der Waals surface area contributed by atoms with E-state index in [-0.39, 0.29) is 36.3 Å². The molecule has 11 heteroatoms. The Hall–Kier alpha value is -3.89. The molecule has 0 aliphatic heterocycles. The number of anilines is 1. The van der Waals surface area contributed by atoms with Gasteiger partial charge in [0.15, 0.2) is 6.61 Å². The molecule has 0 aromatic heterocycles. The molecule has 0 aliphatic rings. The summed E-state index contributed by atoms with van der Waals surface area (Å²) in [5, 5.41) is 15.7. The topological polar surface area (TPSA) is 128 Å². The number of rotatable bonds is 9. The van der Waals surface area contributed by atoms with Crippen molar-refractivity contribution in [1.82, 2.24) is 5.32 Å². The summed E-state index contributed by atoms with van der Waals surface area (Å²) in [6.07, 6.45) is 0.0164. The molecule has 0 aliphatic carbocycles.